The largest absolute Gasteiger partial charge is 0.464 e. The molecule has 0 saturated carbocycles. The number of nitrogens with one attached hydrogen (secondary N) is 1. The van der Waals surface area contributed by atoms with Crippen molar-refractivity contribution in [1.82, 2.24) is 15.1 Å². The number of aryl methyl sites for hydroxylation is 1. The average molecular weight is 421 g/mol. The number of ether oxygens (including phenoxy) is 1. The molecule has 9 heteroatoms. The molecule has 1 aromatic heterocycles. The third kappa shape index (κ3) is 5.23. The summed E-state index contributed by atoms with van der Waals surface area (Å²) in [6.07, 6.45) is 2.51. The first-order chi connectivity index (χ1) is 13.6. The molecule has 7 nitrogen and oxygen atoms in total. The monoisotopic (exact) mass is 420 g/mol. The van der Waals surface area contributed by atoms with Crippen molar-refractivity contribution in [2.24, 2.45) is 0 Å². The van der Waals surface area contributed by atoms with Crippen LogP contribution in [0.15, 0.2) is 28.6 Å². The minimum absolute atomic E-state index is 0.0635. The maximum atomic E-state index is 12.7. The van der Waals surface area contributed by atoms with Crippen LogP contribution in [-0.4, -0.2) is 51.9 Å². The number of aromatic nitrogens is 2. The molecule has 1 atom stereocenters. The lowest BCUT2D eigenvalue weighted by molar-refractivity contribution is -0.155. The Kier molecular flexibility index (Phi) is 7.27. The number of carbonyl (C=O) groups excluding carboxylic acids is 2. The fraction of sp³-hybridized carbons (Fsp3) is 0.474. The van der Waals surface area contributed by atoms with E-state index >= 15 is 0 Å². The second-order valence-electron chi connectivity index (χ2n) is 6.45. The Morgan fingerprint density at radius 1 is 1.32 bits per heavy atom. The van der Waals surface area contributed by atoms with Crippen LogP contribution in [0.2, 0.25) is 0 Å². The molecule has 1 fully saturated rings. The zero-order valence-corrected chi connectivity index (χ0v) is 17.6. The number of esters is 1. The molecule has 0 unspecified atom stereocenters. The van der Waals surface area contributed by atoms with Crippen LogP contribution in [0.4, 0.5) is 10.8 Å². The summed E-state index contributed by atoms with van der Waals surface area (Å²) >= 11 is 2.75. The number of anilines is 2. The molecule has 1 amide bonds. The molecule has 1 saturated heterocycles. The van der Waals surface area contributed by atoms with Crippen molar-refractivity contribution in [3.8, 4) is 0 Å². The molecular weight excluding hydrogens is 396 g/mol. The Balaban J connectivity index is 1.56. The van der Waals surface area contributed by atoms with E-state index in [9.17, 15) is 9.59 Å². The Bertz CT molecular complexity index is 827. The Morgan fingerprint density at radius 2 is 2.14 bits per heavy atom. The van der Waals surface area contributed by atoms with Gasteiger partial charge >= 0.3 is 5.97 Å². The molecule has 1 aliphatic heterocycles. The lowest BCUT2D eigenvalue weighted by Crippen LogP contribution is -2.49. The smallest absolute Gasteiger partial charge is 0.328 e. The molecule has 2 aromatic rings. The molecule has 2 heterocycles. The number of amides is 1. The minimum Gasteiger partial charge on any atom is -0.464 e. The van der Waals surface area contributed by atoms with Gasteiger partial charge < -0.3 is 15.0 Å². The van der Waals surface area contributed by atoms with Crippen LogP contribution in [0.25, 0.3) is 0 Å². The van der Waals surface area contributed by atoms with Crippen molar-refractivity contribution in [2.75, 3.05) is 24.2 Å². The Morgan fingerprint density at radius 3 is 2.93 bits per heavy atom. The number of hydrogen-bond acceptors (Lipinski definition) is 8. The summed E-state index contributed by atoms with van der Waals surface area (Å²) in [7, 11) is 0. The van der Waals surface area contributed by atoms with Crippen LogP contribution < -0.4 is 5.32 Å². The predicted molar refractivity (Wildman–Crippen MR) is 111 cm³/mol. The van der Waals surface area contributed by atoms with Crippen molar-refractivity contribution in [3.63, 3.8) is 0 Å². The van der Waals surface area contributed by atoms with Gasteiger partial charge in [0.2, 0.25) is 11.0 Å². The van der Waals surface area contributed by atoms with Crippen molar-refractivity contribution >= 4 is 45.8 Å². The number of rotatable bonds is 7. The van der Waals surface area contributed by atoms with Crippen molar-refractivity contribution < 1.29 is 14.3 Å². The van der Waals surface area contributed by atoms with Crippen LogP contribution in [0.3, 0.4) is 0 Å². The van der Waals surface area contributed by atoms with Gasteiger partial charge in [0.1, 0.15) is 6.04 Å². The number of hydrogen-bond donors (Lipinski definition) is 1. The lowest BCUT2D eigenvalue weighted by atomic mass is 10.0. The SMILES string of the molecule is CCOC(=O)[C@H]1CCCCN1C(=O)CSc1nnc(Nc2ccccc2C)s1. The number of likely N-dealkylation sites (tertiary alicyclic amines) is 1. The van der Waals surface area contributed by atoms with Gasteiger partial charge in [0.05, 0.1) is 12.4 Å². The van der Waals surface area contributed by atoms with Gasteiger partial charge in [-0.05, 0) is 44.7 Å². The fourth-order valence-electron chi connectivity index (χ4n) is 3.07. The fourth-order valence-corrected chi connectivity index (χ4v) is 4.72. The van der Waals surface area contributed by atoms with Crippen molar-refractivity contribution in [1.29, 1.82) is 0 Å². The maximum absolute atomic E-state index is 12.7. The molecule has 3 rings (SSSR count). The molecule has 0 spiro atoms. The number of nitrogens with zero attached hydrogens (tertiary/aromatic N) is 3. The third-order valence-corrected chi connectivity index (χ3v) is 6.45. The molecule has 1 N–H and O–H groups in total. The van der Waals surface area contributed by atoms with Crippen molar-refractivity contribution in [2.45, 2.75) is 43.5 Å². The van der Waals surface area contributed by atoms with Gasteiger partial charge in [-0.25, -0.2) is 4.79 Å². The summed E-state index contributed by atoms with van der Waals surface area (Å²) in [6, 6.07) is 7.49. The summed E-state index contributed by atoms with van der Waals surface area (Å²) in [4.78, 5) is 26.5. The molecule has 0 aliphatic carbocycles. The average Bonchev–Trinajstić information content (AvgIpc) is 3.15. The third-order valence-electron chi connectivity index (χ3n) is 4.49. The van der Waals surface area contributed by atoms with Crippen LogP contribution in [0, 0.1) is 6.92 Å². The molecule has 0 bridgehead atoms. The summed E-state index contributed by atoms with van der Waals surface area (Å²) < 4.78 is 5.84. The van der Waals surface area contributed by atoms with Gasteiger partial charge in [0.25, 0.3) is 0 Å². The summed E-state index contributed by atoms with van der Waals surface area (Å²) in [5.41, 5.74) is 2.11. The van der Waals surface area contributed by atoms with E-state index in [1.807, 2.05) is 31.2 Å². The highest BCUT2D eigenvalue weighted by atomic mass is 32.2. The van der Waals surface area contributed by atoms with Gasteiger partial charge in [-0.1, -0.05) is 41.3 Å². The molecule has 0 radical (unpaired) electrons. The van der Waals surface area contributed by atoms with Gasteiger partial charge in [0.15, 0.2) is 4.34 Å². The molecule has 150 valence electrons. The van der Waals surface area contributed by atoms with E-state index in [1.165, 1.54) is 23.1 Å². The number of benzene rings is 1. The van der Waals surface area contributed by atoms with Crippen LogP contribution in [0.1, 0.15) is 31.7 Å². The van der Waals surface area contributed by atoms with E-state index in [-0.39, 0.29) is 17.6 Å². The zero-order valence-electron chi connectivity index (χ0n) is 16.0. The molecule has 28 heavy (non-hydrogen) atoms. The van der Waals surface area contributed by atoms with E-state index in [0.29, 0.717) is 29.0 Å². The zero-order chi connectivity index (χ0) is 19.9. The topological polar surface area (TPSA) is 84.4 Å². The highest BCUT2D eigenvalue weighted by Crippen LogP contribution is 2.29. The lowest BCUT2D eigenvalue weighted by Gasteiger charge is -2.33. The van der Waals surface area contributed by atoms with E-state index < -0.39 is 6.04 Å². The van der Waals surface area contributed by atoms with Gasteiger partial charge in [-0.3, -0.25) is 4.79 Å². The quantitative estimate of drug-likeness (QED) is 0.541. The van der Waals surface area contributed by atoms with Crippen molar-refractivity contribution in [3.05, 3.63) is 29.8 Å². The molecule has 1 aliphatic rings. The maximum Gasteiger partial charge on any atom is 0.328 e. The Labute approximate surface area is 172 Å². The summed E-state index contributed by atoms with van der Waals surface area (Å²) in [5.74, 6) is -0.137. The normalized spacial score (nSPS) is 16.6. The van der Waals surface area contributed by atoms with Gasteiger partial charge in [0, 0.05) is 12.2 Å². The van der Waals surface area contributed by atoms with Crippen LogP contribution in [0.5, 0.6) is 0 Å². The van der Waals surface area contributed by atoms with E-state index in [4.69, 9.17) is 4.74 Å². The number of carbonyl (C=O) groups is 2. The first-order valence-electron chi connectivity index (χ1n) is 9.33. The van der Waals surface area contributed by atoms with E-state index in [0.717, 1.165) is 24.1 Å². The molecular formula is C19H24N4O3S2. The highest BCUT2D eigenvalue weighted by molar-refractivity contribution is 8.01. The predicted octanol–water partition coefficient (Wildman–Crippen LogP) is 3.63. The summed E-state index contributed by atoms with van der Waals surface area (Å²) in [6.45, 7) is 4.73. The van der Waals surface area contributed by atoms with E-state index in [1.54, 1.807) is 11.8 Å². The van der Waals surface area contributed by atoms with Crippen LogP contribution in [-0.2, 0) is 14.3 Å². The molecule has 1 aromatic carbocycles. The van der Waals surface area contributed by atoms with Crippen LogP contribution >= 0.6 is 23.1 Å². The number of thioether (sulfide) groups is 1. The number of piperidine rings is 1. The second-order valence-corrected chi connectivity index (χ2v) is 8.65. The Hall–Kier alpha value is -2.13. The van der Waals surface area contributed by atoms with Gasteiger partial charge in [-0.15, -0.1) is 10.2 Å². The van der Waals surface area contributed by atoms with Gasteiger partial charge in [-0.2, -0.15) is 0 Å². The van der Waals surface area contributed by atoms with E-state index in [2.05, 4.69) is 15.5 Å². The highest BCUT2D eigenvalue weighted by Gasteiger charge is 2.33. The first-order valence-corrected chi connectivity index (χ1v) is 11.1. The minimum atomic E-state index is -0.463. The number of para-hydroxylation sites is 1. The summed E-state index contributed by atoms with van der Waals surface area (Å²) in [5, 5.41) is 12.2. The second kappa shape index (κ2) is 9.88. The standard InChI is InChI=1S/C19H24N4O3S2/c1-3-26-17(25)15-10-6-7-11-23(15)16(24)12-27-19-22-21-18(28-19)20-14-9-5-4-8-13(14)2/h4-5,8-9,15H,3,6-7,10-12H2,1-2H3,(H,20,21)/t15-/m1/s1. The first kappa shape index (κ1) is 20.6.